The molecule has 0 saturated heterocycles. The third-order valence-corrected chi connectivity index (χ3v) is 4.67. The van der Waals surface area contributed by atoms with Crippen molar-refractivity contribution in [3.05, 3.63) is 89.0 Å². The van der Waals surface area contributed by atoms with Crippen molar-refractivity contribution in [2.45, 2.75) is 27.7 Å². The number of carbonyl (C=O) groups is 1. The Kier molecular flexibility index (Phi) is 6.26. The standard InChI is InChI=1S/C25H24N6O2/c1-15-13-16(2)27-24(26-15)31-21-7-5-19(6-8-21)23(32)30-20-9-11-22(12-10-20)33-25-28-17(3)14-18(4)29-25/h5-14H,1-4H3,(H,30,32)(H,26,27,31). The average molecular weight is 441 g/mol. The number of aromatic nitrogens is 4. The normalized spacial score (nSPS) is 10.5. The average Bonchev–Trinajstić information content (AvgIpc) is 2.74. The summed E-state index contributed by atoms with van der Waals surface area (Å²) in [7, 11) is 0. The first kappa shape index (κ1) is 21.9. The van der Waals surface area contributed by atoms with Crippen LogP contribution in [-0.2, 0) is 0 Å². The first-order valence-electron chi connectivity index (χ1n) is 10.4. The quantitative estimate of drug-likeness (QED) is 0.420. The Labute approximate surface area is 192 Å². The highest BCUT2D eigenvalue weighted by atomic mass is 16.5. The van der Waals surface area contributed by atoms with Gasteiger partial charge in [0, 0.05) is 39.7 Å². The van der Waals surface area contributed by atoms with E-state index in [1.54, 1.807) is 36.4 Å². The lowest BCUT2D eigenvalue weighted by atomic mass is 10.2. The predicted octanol–water partition coefficient (Wildman–Crippen LogP) is 5.29. The largest absolute Gasteiger partial charge is 0.424 e. The van der Waals surface area contributed by atoms with Gasteiger partial charge in [0.2, 0.25) is 5.95 Å². The minimum absolute atomic E-state index is 0.212. The zero-order chi connectivity index (χ0) is 23.4. The summed E-state index contributed by atoms with van der Waals surface area (Å²) >= 11 is 0. The fraction of sp³-hybridized carbons (Fsp3) is 0.160. The molecule has 0 radical (unpaired) electrons. The maximum atomic E-state index is 12.6. The van der Waals surface area contributed by atoms with Crippen LogP contribution in [0.1, 0.15) is 33.1 Å². The van der Waals surface area contributed by atoms with E-state index < -0.39 is 0 Å². The van der Waals surface area contributed by atoms with Crippen molar-refractivity contribution >= 4 is 23.2 Å². The molecule has 8 heteroatoms. The molecule has 0 saturated carbocycles. The highest BCUT2D eigenvalue weighted by Crippen LogP contribution is 2.22. The molecule has 4 aromatic rings. The van der Waals surface area contributed by atoms with Crippen LogP contribution in [-0.4, -0.2) is 25.8 Å². The second-order valence-corrected chi connectivity index (χ2v) is 7.69. The van der Waals surface area contributed by atoms with E-state index in [2.05, 4.69) is 30.6 Å². The van der Waals surface area contributed by atoms with Crippen LogP contribution < -0.4 is 15.4 Å². The molecular formula is C25H24N6O2. The summed E-state index contributed by atoms with van der Waals surface area (Å²) in [6, 6.07) is 18.3. The van der Waals surface area contributed by atoms with Gasteiger partial charge in [-0.3, -0.25) is 4.79 Å². The molecule has 0 fully saturated rings. The number of hydrogen-bond donors (Lipinski definition) is 2. The van der Waals surface area contributed by atoms with Gasteiger partial charge in [0.15, 0.2) is 0 Å². The van der Waals surface area contributed by atoms with Crippen molar-refractivity contribution in [3.63, 3.8) is 0 Å². The molecule has 0 aliphatic heterocycles. The first-order chi connectivity index (χ1) is 15.8. The number of amides is 1. The summed E-state index contributed by atoms with van der Waals surface area (Å²) < 4.78 is 5.71. The highest BCUT2D eigenvalue weighted by molar-refractivity contribution is 6.04. The minimum Gasteiger partial charge on any atom is -0.424 e. The van der Waals surface area contributed by atoms with Gasteiger partial charge in [-0.05, 0) is 88.4 Å². The van der Waals surface area contributed by atoms with E-state index in [1.807, 2.05) is 52.0 Å². The van der Waals surface area contributed by atoms with E-state index in [4.69, 9.17) is 4.74 Å². The zero-order valence-electron chi connectivity index (χ0n) is 18.9. The van der Waals surface area contributed by atoms with Gasteiger partial charge < -0.3 is 15.4 Å². The minimum atomic E-state index is -0.212. The van der Waals surface area contributed by atoms with Gasteiger partial charge in [-0.2, -0.15) is 0 Å². The lowest BCUT2D eigenvalue weighted by Gasteiger charge is -2.09. The number of carbonyl (C=O) groups excluding carboxylic acids is 1. The van der Waals surface area contributed by atoms with Crippen LogP contribution in [0.15, 0.2) is 60.7 Å². The molecule has 166 valence electrons. The Bertz CT molecular complexity index is 1250. The second kappa shape index (κ2) is 9.44. The lowest BCUT2D eigenvalue weighted by molar-refractivity contribution is 0.102. The van der Waals surface area contributed by atoms with E-state index in [0.29, 0.717) is 29.0 Å². The van der Waals surface area contributed by atoms with E-state index in [9.17, 15) is 4.79 Å². The molecule has 2 aromatic heterocycles. The van der Waals surface area contributed by atoms with Crippen molar-refractivity contribution in [2.24, 2.45) is 0 Å². The van der Waals surface area contributed by atoms with Crippen LogP contribution in [0.5, 0.6) is 11.8 Å². The Morgan fingerprint density at radius 1 is 0.697 bits per heavy atom. The van der Waals surface area contributed by atoms with Gasteiger partial charge in [-0.25, -0.2) is 19.9 Å². The van der Waals surface area contributed by atoms with E-state index >= 15 is 0 Å². The van der Waals surface area contributed by atoms with Crippen molar-refractivity contribution in [1.82, 2.24) is 19.9 Å². The van der Waals surface area contributed by atoms with Crippen molar-refractivity contribution in [3.8, 4) is 11.8 Å². The van der Waals surface area contributed by atoms with Crippen LogP contribution in [0.25, 0.3) is 0 Å². The van der Waals surface area contributed by atoms with Gasteiger partial charge in [-0.15, -0.1) is 0 Å². The maximum Gasteiger partial charge on any atom is 0.322 e. The molecule has 0 bridgehead atoms. The lowest BCUT2D eigenvalue weighted by Crippen LogP contribution is -2.11. The van der Waals surface area contributed by atoms with E-state index in [-0.39, 0.29) is 5.91 Å². The molecule has 2 N–H and O–H groups in total. The molecule has 0 aliphatic rings. The number of nitrogens with zero attached hydrogens (tertiary/aromatic N) is 4. The predicted molar refractivity (Wildman–Crippen MR) is 127 cm³/mol. The number of benzene rings is 2. The van der Waals surface area contributed by atoms with Gasteiger partial charge >= 0.3 is 6.01 Å². The third kappa shape index (κ3) is 5.88. The summed E-state index contributed by atoms with van der Waals surface area (Å²) in [5.74, 6) is 0.899. The molecule has 0 spiro atoms. The van der Waals surface area contributed by atoms with Crippen molar-refractivity contribution < 1.29 is 9.53 Å². The molecule has 0 unspecified atom stereocenters. The fourth-order valence-electron chi connectivity index (χ4n) is 3.27. The molecule has 4 rings (SSSR count). The molecule has 8 nitrogen and oxygen atoms in total. The van der Waals surface area contributed by atoms with E-state index in [1.165, 1.54) is 0 Å². The highest BCUT2D eigenvalue weighted by Gasteiger charge is 2.08. The topological polar surface area (TPSA) is 102 Å². The van der Waals surface area contributed by atoms with Crippen LogP contribution in [0, 0.1) is 27.7 Å². The number of hydrogen-bond acceptors (Lipinski definition) is 7. The van der Waals surface area contributed by atoms with Gasteiger partial charge in [0.05, 0.1) is 0 Å². The molecule has 0 aliphatic carbocycles. The summed E-state index contributed by atoms with van der Waals surface area (Å²) in [5, 5.41) is 6.04. The van der Waals surface area contributed by atoms with Gasteiger partial charge in [0.1, 0.15) is 5.75 Å². The molecule has 0 atom stereocenters. The van der Waals surface area contributed by atoms with Gasteiger partial charge in [0.25, 0.3) is 5.91 Å². The summed E-state index contributed by atoms with van der Waals surface area (Å²) in [4.78, 5) is 29.9. The Balaban J connectivity index is 1.37. The van der Waals surface area contributed by atoms with Crippen molar-refractivity contribution in [2.75, 3.05) is 10.6 Å². The molecule has 33 heavy (non-hydrogen) atoms. The fourth-order valence-corrected chi connectivity index (χ4v) is 3.27. The Morgan fingerprint density at radius 2 is 1.21 bits per heavy atom. The zero-order valence-corrected chi connectivity index (χ0v) is 18.9. The van der Waals surface area contributed by atoms with Crippen LogP contribution in [0.2, 0.25) is 0 Å². The third-order valence-electron chi connectivity index (χ3n) is 4.67. The molecule has 2 heterocycles. The summed E-state index contributed by atoms with van der Waals surface area (Å²) in [5.41, 5.74) is 5.43. The summed E-state index contributed by atoms with van der Waals surface area (Å²) in [6.07, 6.45) is 0. The first-order valence-corrected chi connectivity index (χ1v) is 10.4. The number of aryl methyl sites for hydroxylation is 4. The second-order valence-electron chi connectivity index (χ2n) is 7.69. The molecular weight excluding hydrogens is 416 g/mol. The van der Waals surface area contributed by atoms with Crippen LogP contribution >= 0.6 is 0 Å². The number of rotatable bonds is 6. The number of ether oxygens (including phenoxy) is 1. The van der Waals surface area contributed by atoms with Crippen LogP contribution in [0.3, 0.4) is 0 Å². The number of anilines is 3. The maximum absolute atomic E-state index is 12.6. The monoisotopic (exact) mass is 440 g/mol. The number of nitrogens with one attached hydrogen (secondary N) is 2. The van der Waals surface area contributed by atoms with Crippen LogP contribution in [0.4, 0.5) is 17.3 Å². The van der Waals surface area contributed by atoms with Crippen molar-refractivity contribution in [1.29, 1.82) is 0 Å². The van der Waals surface area contributed by atoms with E-state index in [0.717, 1.165) is 28.5 Å². The summed E-state index contributed by atoms with van der Waals surface area (Å²) in [6.45, 7) is 7.62. The Morgan fingerprint density at radius 3 is 1.79 bits per heavy atom. The molecule has 1 amide bonds. The smallest absolute Gasteiger partial charge is 0.322 e. The molecule has 2 aromatic carbocycles. The SMILES string of the molecule is Cc1cc(C)nc(Nc2ccc(C(=O)Nc3ccc(Oc4nc(C)cc(C)n4)cc3)cc2)n1. The Hall–Kier alpha value is -4.33. The van der Waals surface area contributed by atoms with Gasteiger partial charge in [-0.1, -0.05) is 0 Å².